The summed E-state index contributed by atoms with van der Waals surface area (Å²) in [5, 5.41) is 2.70. The second-order valence-corrected chi connectivity index (χ2v) is 6.81. The van der Waals surface area contributed by atoms with Crippen molar-refractivity contribution in [1.29, 1.82) is 0 Å². The lowest BCUT2D eigenvalue weighted by atomic mass is 9.92. The Bertz CT molecular complexity index is 668. The summed E-state index contributed by atoms with van der Waals surface area (Å²) in [6.07, 6.45) is 2.37. The number of hydrogen-bond acceptors (Lipinski definition) is 3. The van der Waals surface area contributed by atoms with Gasteiger partial charge < -0.3 is 9.88 Å². The third kappa shape index (κ3) is 3.37. The molecule has 0 aliphatic carbocycles. The molecular weight excluding hydrogens is 356 g/mol. The van der Waals surface area contributed by atoms with E-state index >= 15 is 0 Å². The molecule has 2 heterocycles. The van der Waals surface area contributed by atoms with Crippen LogP contribution in [0.5, 0.6) is 0 Å². The molecule has 0 unspecified atom stereocenters. The molecule has 0 aliphatic rings. The lowest BCUT2D eigenvalue weighted by Crippen LogP contribution is -2.38. The minimum Gasteiger partial charge on any atom is -0.359 e. The number of amides is 1. The molecule has 2 rings (SSSR count). The summed E-state index contributed by atoms with van der Waals surface area (Å²) in [7, 11) is 1.64. The number of alkyl halides is 1. The van der Waals surface area contributed by atoms with Gasteiger partial charge in [-0.3, -0.25) is 4.79 Å². The van der Waals surface area contributed by atoms with E-state index < -0.39 is 5.41 Å². The highest BCUT2D eigenvalue weighted by atomic mass is 79.9. The molecule has 2 aromatic heterocycles. The van der Waals surface area contributed by atoms with E-state index in [2.05, 4.69) is 31.2 Å². The van der Waals surface area contributed by atoms with Gasteiger partial charge in [-0.05, 0) is 35.8 Å². The van der Waals surface area contributed by atoms with Crippen LogP contribution in [0.25, 0.3) is 11.2 Å². The van der Waals surface area contributed by atoms with E-state index in [4.69, 9.17) is 11.6 Å². The molecule has 1 amide bonds. The molecule has 7 heteroatoms. The fraction of sp³-hybridized carbons (Fsp3) is 0.500. The molecule has 1 N–H and O–H groups in total. The third-order valence-electron chi connectivity index (χ3n) is 3.34. The van der Waals surface area contributed by atoms with Crippen LogP contribution in [0.3, 0.4) is 0 Å². The van der Waals surface area contributed by atoms with Gasteiger partial charge in [-0.2, -0.15) is 0 Å². The number of carbonyl (C=O) groups excluding carboxylic acids is 1. The number of aromatic nitrogens is 3. The summed E-state index contributed by atoms with van der Waals surface area (Å²) in [6, 6.07) is 1.92. The Kier molecular flexibility index (Phi) is 4.88. The Balaban J connectivity index is 2.50. The standard InChI is InChI=1S/C14H18BrClN4O/c1-14(2,13(21)17-3)8-20-11(4-5-16)19-10-6-9(15)7-18-12(10)20/h6-7H,4-5,8H2,1-3H3,(H,17,21). The van der Waals surface area contributed by atoms with Crippen LogP contribution in [0.1, 0.15) is 19.7 Å². The van der Waals surface area contributed by atoms with Gasteiger partial charge in [-0.15, -0.1) is 11.6 Å². The number of nitrogens with zero attached hydrogens (tertiary/aromatic N) is 3. The van der Waals surface area contributed by atoms with E-state index in [9.17, 15) is 4.79 Å². The van der Waals surface area contributed by atoms with Gasteiger partial charge in [0.25, 0.3) is 0 Å². The molecule has 0 bridgehead atoms. The van der Waals surface area contributed by atoms with Gasteiger partial charge in [0.1, 0.15) is 11.3 Å². The number of halogens is 2. The largest absolute Gasteiger partial charge is 0.359 e. The Morgan fingerprint density at radius 2 is 2.24 bits per heavy atom. The second kappa shape index (κ2) is 6.32. The van der Waals surface area contributed by atoms with Crippen molar-refractivity contribution < 1.29 is 4.79 Å². The van der Waals surface area contributed by atoms with Crippen LogP contribution in [0.4, 0.5) is 0 Å². The van der Waals surface area contributed by atoms with Crippen LogP contribution in [-0.2, 0) is 17.8 Å². The minimum absolute atomic E-state index is 0.0155. The van der Waals surface area contributed by atoms with Crippen molar-refractivity contribution in [2.24, 2.45) is 5.41 Å². The summed E-state index contributed by atoms with van der Waals surface area (Å²) in [5.41, 5.74) is 1.02. The minimum atomic E-state index is -0.557. The average molecular weight is 374 g/mol. The molecule has 0 saturated carbocycles. The van der Waals surface area contributed by atoms with Crippen molar-refractivity contribution in [1.82, 2.24) is 19.9 Å². The summed E-state index contributed by atoms with van der Waals surface area (Å²) >= 11 is 9.26. The van der Waals surface area contributed by atoms with E-state index in [1.54, 1.807) is 13.2 Å². The number of hydrogen-bond donors (Lipinski definition) is 1. The first kappa shape index (κ1) is 16.2. The molecule has 21 heavy (non-hydrogen) atoms. The predicted octanol–water partition coefficient (Wildman–Crippen LogP) is 2.75. The Morgan fingerprint density at radius 1 is 1.52 bits per heavy atom. The molecule has 0 saturated heterocycles. The van der Waals surface area contributed by atoms with Gasteiger partial charge in [-0.1, -0.05) is 0 Å². The van der Waals surface area contributed by atoms with Gasteiger partial charge in [0, 0.05) is 36.6 Å². The van der Waals surface area contributed by atoms with Crippen molar-refractivity contribution >= 4 is 44.6 Å². The molecule has 0 radical (unpaired) electrons. The lowest BCUT2D eigenvalue weighted by molar-refractivity contribution is -0.129. The third-order valence-corrected chi connectivity index (χ3v) is 3.97. The molecule has 114 valence electrons. The van der Waals surface area contributed by atoms with E-state index in [1.807, 2.05) is 24.5 Å². The lowest BCUT2D eigenvalue weighted by Gasteiger charge is -2.24. The van der Waals surface area contributed by atoms with Crippen LogP contribution < -0.4 is 5.32 Å². The molecule has 0 aromatic carbocycles. The van der Waals surface area contributed by atoms with Crippen molar-refractivity contribution in [2.75, 3.05) is 12.9 Å². The molecule has 0 aliphatic heterocycles. The monoisotopic (exact) mass is 372 g/mol. The van der Waals surface area contributed by atoms with Crippen molar-refractivity contribution in [3.8, 4) is 0 Å². The highest BCUT2D eigenvalue weighted by molar-refractivity contribution is 9.10. The summed E-state index contributed by atoms with van der Waals surface area (Å²) in [5.74, 6) is 1.31. The average Bonchev–Trinajstić information content (AvgIpc) is 2.74. The summed E-state index contributed by atoms with van der Waals surface area (Å²) < 4.78 is 2.86. The number of pyridine rings is 1. The maximum atomic E-state index is 12.0. The number of carbonyl (C=O) groups is 1. The van der Waals surface area contributed by atoms with E-state index in [-0.39, 0.29) is 5.91 Å². The zero-order valence-electron chi connectivity index (χ0n) is 12.3. The van der Waals surface area contributed by atoms with Gasteiger partial charge in [0.2, 0.25) is 5.91 Å². The Labute approximate surface area is 137 Å². The zero-order chi connectivity index (χ0) is 15.6. The zero-order valence-corrected chi connectivity index (χ0v) is 14.6. The van der Waals surface area contributed by atoms with Gasteiger partial charge >= 0.3 is 0 Å². The Hall–Kier alpha value is -1.14. The quantitative estimate of drug-likeness (QED) is 0.820. The number of fused-ring (bicyclic) bond motifs is 1. The van der Waals surface area contributed by atoms with Gasteiger partial charge in [-0.25, -0.2) is 9.97 Å². The SMILES string of the molecule is CNC(=O)C(C)(C)Cn1c(CCCl)nc2cc(Br)cnc21. The molecule has 0 fully saturated rings. The van der Waals surface area contributed by atoms with Crippen LogP contribution in [-0.4, -0.2) is 33.4 Å². The van der Waals surface area contributed by atoms with Gasteiger partial charge in [0.15, 0.2) is 5.65 Å². The fourth-order valence-electron chi connectivity index (χ4n) is 2.28. The van der Waals surface area contributed by atoms with Crippen LogP contribution in [0, 0.1) is 5.41 Å². The number of imidazole rings is 1. The summed E-state index contributed by atoms with van der Waals surface area (Å²) in [4.78, 5) is 21.0. The van der Waals surface area contributed by atoms with Crippen LogP contribution in [0.2, 0.25) is 0 Å². The second-order valence-electron chi connectivity index (χ2n) is 5.51. The highest BCUT2D eigenvalue weighted by Crippen LogP contribution is 2.25. The normalized spacial score (nSPS) is 11.9. The molecule has 5 nitrogen and oxygen atoms in total. The van der Waals surface area contributed by atoms with E-state index in [0.717, 1.165) is 21.5 Å². The molecule has 0 spiro atoms. The first-order valence-electron chi connectivity index (χ1n) is 6.68. The molecule has 0 atom stereocenters. The molecular formula is C14H18BrClN4O. The predicted molar refractivity (Wildman–Crippen MR) is 87.5 cm³/mol. The van der Waals surface area contributed by atoms with Crippen molar-refractivity contribution in [3.63, 3.8) is 0 Å². The fourth-order valence-corrected chi connectivity index (χ4v) is 2.77. The van der Waals surface area contributed by atoms with Crippen LogP contribution in [0.15, 0.2) is 16.7 Å². The maximum absolute atomic E-state index is 12.0. The number of nitrogens with one attached hydrogen (secondary N) is 1. The van der Waals surface area contributed by atoms with E-state index in [1.165, 1.54) is 0 Å². The van der Waals surface area contributed by atoms with E-state index in [0.29, 0.717) is 18.8 Å². The van der Waals surface area contributed by atoms with Crippen molar-refractivity contribution in [3.05, 3.63) is 22.6 Å². The van der Waals surface area contributed by atoms with Gasteiger partial charge in [0.05, 0.1) is 5.41 Å². The van der Waals surface area contributed by atoms with Crippen LogP contribution >= 0.6 is 27.5 Å². The Morgan fingerprint density at radius 3 is 2.86 bits per heavy atom. The molecule has 2 aromatic rings. The highest BCUT2D eigenvalue weighted by Gasteiger charge is 2.29. The first-order chi connectivity index (χ1) is 9.89. The topological polar surface area (TPSA) is 59.8 Å². The first-order valence-corrected chi connectivity index (χ1v) is 8.00. The van der Waals surface area contributed by atoms with Crippen molar-refractivity contribution in [2.45, 2.75) is 26.8 Å². The number of aryl methyl sites for hydroxylation is 1. The smallest absolute Gasteiger partial charge is 0.227 e. The maximum Gasteiger partial charge on any atom is 0.227 e. The summed E-state index contributed by atoms with van der Waals surface area (Å²) in [6.45, 7) is 4.31. The number of rotatable bonds is 5.